The van der Waals surface area contributed by atoms with Crippen molar-refractivity contribution in [1.29, 1.82) is 0 Å². The number of rotatable bonds is 5. The maximum absolute atomic E-state index is 11.1. The van der Waals surface area contributed by atoms with Crippen molar-refractivity contribution in [2.24, 2.45) is 5.92 Å². The van der Waals surface area contributed by atoms with Gasteiger partial charge in [-0.25, -0.2) is 4.98 Å². The summed E-state index contributed by atoms with van der Waals surface area (Å²) in [5.74, 6) is 0.422. The van der Waals surface area contributed by atoms with Crippen molar-refractivity contribution in [3.05, 3.63) is 72.6 Å². The Morgan fingerprint density at radius 3 is 2.07 bits per heavy atom. The second kappa shape index (κ2) is 9.97. The van der Waals surface area contributed by atoms with Crippen LogP contribution in [-0.2, 0) is 4.79 Å². The second-order valence-electron chi connectivity index (χ2n) is 7.53. The monoisotopic (exact) mass is 387 g/mol. The van der Waals surface area contributed by atoms with E-state index < -0.39 is 0 Å². The van der Waals surface area contributed by atoms with Gasteiger partial charge in [0.1, 0.15) is 0 Å². The number of carbonyl (C=O) groups is 1. The molecule has 4 rings (SSSR count). The lowest BCUT2D eigenvalue weighted by atomic mass is 10.0. The standard InChI is InChI=1S/C17H14N2.C8H15NO/c1-13-12-18-16(14-8-4-2-5-9-14)17(19-13)15-10-6-3-7-11-15;1-3-6(2)8(10)9-7-4-5-7/h2-12H,1H3;6-7H,3-5H2,1-2H3,(H,9,10). The molecule has 1 fully saturated rings. The molecule has 1 heterocycles. The maximum atomic E-state index is 11.1. The van der Waals surface area contributed by atoms with Gasteiger partial charge >= 0.3 is 0 Å². The van der Waals surface area contributed by atoms with Crippen LogP contribution in [0.15, 0.2) is 66.9 Å². The van der Waals surface area contributed by atoms with E-state index in [1.807, 2.05) is 63.4 Å². The van der Waals surface area contributed by atoms with Gasteiger partial charge in [-0.1, -0.05) is 74.5 Å². The van der Waals surface area contributed by atoms with Crippen LogP contribution >= 0.6 is 0 Å². The van der Waals surface area contributed by atoms with Gasteiger partial charge < -0.3 is 5.32 Å². The van der Waals surface area contributed by atoms with Crippen molar-refractivity contribution < 1.29 is 4.79 Å². The van der Waals surface area contributed by atoms with E-state index in [4.69, 9.17) is 0 Å². The zero-order chi connectivity index (χ0) is 20.6. The van der Waals surface area contributed by atoms with Gasteiger partial charge in [-0.05, 0) is 26.2 Å². The van der Waals surface area contributed by atoms with Crippen LogP contribution in [0, 0.1) is 12.8 Å². The van der Waals surface area contributed by atoms with Gasteiger partial charge in [-0.2, -0.15) is 0 Å². The lowest BCUT2D eigenvalue weighted by molar-refractivity contribution is -0.124. The number of amides is 1. The quantitative estimate of drug-likeness (QED) is 0.635. The predicted octanol–water partition coefficient (Wildman–Crippen LogP) is 5.43. The Labute approximate surface area is 173 Å². The third kappa shape index (κ3) is 5.98. The highest BCUT2D eigenvalue weighted by atomic mass is 16.1. The zero-order valence-corrected chi connectivity index (χ0v) is 17.4. The van der Waals surface area contributed by atoms with Crippen LogP contribution in [-0.4, -0.2) is 21.9 Å². The molecule has 1 unspecified atom stereocenters. The Hall–Kier alpha value is -3.01. The van der Waals surface area contributed by atoms with E-state index >= 15 is 0 Å². The summed E-state index contributed by atoms with van der Waals surface area (Å²) in [6.45, 7) is 5.98. The van der Waals surface area contributed by atoms with Crippen LogP contribution in [0.25, 0.3) is 22.5 Å². The van der Waals surface area contributed by atoms with Crippen molar-refractivity contribution >= 4 is 5.91 Å². The fraction of sp³-hybridized carbons (Fsp3) is 0.320. The number of aryl methyl sites for hydroxylation is 1. The van der Waals surface area contributed by atoms with Gasteiger partial charge in [0, 0.05) is 29.3 Å². The number of aromatic nitrogens is 2. The normalized spacial score (nSPS) is 13.8. The molecule has 1 atom stereocenters. The molecule has 150 valence electrons. The largest absolute Gasteiger partial charge is 0.353 e. The third-order valence-electron chi connectivity index (χ3n) is 4.97. The highest BCUT2D eigenvalue weighted by Crippen LogP contribution is 2.28. The minimum Gasteiger partial charge on any atom is -0.353 e. The highest BCUT2D eigenvalue weighted by molar-refractivity contribution is 5.79. The number of hydrogen-bond acceptors (Lipinski definition) is 3. The molecule has 29 heavy (non-hydrogen) atoms. The van der Waals surface area contributed by atoms with Crippen molar-refractivity contribution in [3.63, 3.8) is 0 Å². The smallest absolute Gasteiger partial charge is 0.223 e. The van der Waals surface area contributed by atoms with Crippen LogP contribution in [0.1, 0.15) is 38.8 Å². The molecule has 3 aromatic rings. The summed E-state index contributed by atoms with van der Waals surface area (Å²) in [5, 5.41) is 2.97. The van der Waals surface area contributed by atoms with Gasteiger partial charge in [-0.3, -0.25) is 9.78 Å². The molecule has 1 aliphatic carbocycles. The van der Waals surface area contributed by atoms with Crippen molar-refractivity contribution in [3.8, 4) is 22.5 Å². The van der Waals surface area contributed by atoms with E-state index in [2.05, 4.69) is 39.6 Å². The summed E-state index contributed by atoms with van der Waals surface area (Å²) in [6, 6.07) is 20.9. The van der Waals surface area contributed by atoms with E-state index in [1.165, 1.54) is 12.8 Å². The second-order valence-corrected chi connectivity index (χ2v) is 7.53. The molecule has 0 radical (unpaired) electrons. The highest BCUT2D eigenvalue weighted by Gasteiger charge is 2.24. The zero-order valence-electron chi connectivity index (χ0n) is 17.4. The molecule has 0 bridgehead atoms. The fourth-order valence-electron chi connectivity index (χ4n) is 2.84. The molecular weight excluding hydrogens is 358 g/mol. The number of benzene rings is 2. The minimum absolute atomic E-state index is 0.195. The van der Waals surface area contributed by atoms with E-state index in [9.17, 15) is 4.79 Å². The Balaban J connectivity index is 0.000000204. The van der Waals surface area contributed by atoms with Crippen molar-refractivity contribution in [2.45, 2.75) is 46.1 Å². The summed E-state index contributed by atoms with van der Waals surface area (Å²) in [5.41, 5.74) is 4.98. The molecule has 0 aliphatic heterocycles. The first-order valence-electron chi connectivity index (χ1n) is 10.3. The molecular formula is C25H29N3O. The number of nitrogens with one attached hydrogen (secondary N) is 1. The summed E-state index contributed by atoms with van der Waals surface area (Å²) in [7, 11) is 0. The first-order valence-corrected chi connectivity index (χ1v) is 10.3. The summed E-state index contributed by atoms with van der Waals surface area (Å²) >= 11 is 0. The Morgan fingerprint density at radius 2 is 1.55 bits per heavy atom. The average molecular weight is 388 g/mol. The molecule has 1 aromatic heterocycles. The molecule has 4 nitrogen and oxygen atoms in total. The number of nitrogens with zero attached hydrogens (tertiary/aromatic N) is 2. The summed E-state index contributed by atoms with van der Waals surface area (Å²) in [6.07, 6.45) is 5.12. The van der Waals surface area contributed by atoms with Crippen LogP contribution < -0.4 is 5.32 Å². The van der Waals surface area contributed by atoms with E-state index in [1.54, 1.807) is 0 Å². The number of hydrogen-bond donors (Lipinski definition) is 1. The molecule has 0 saturated heterocycles. The van der Waals surface area contributed by atoms with Crippen molar-refractivity contribution in [1.82, 2.24) is 15.3 Å². The third-order valence-corrected chi connectivity index (χ3v) is 4.97. The van der Waals surface area contributed by atoms with Gasteiger partial charge in [-0.15, -0.1) is 0 Å². The number of carbonyl (C=O) groups excluding carboxylic acids is 1. The Morgan fingerprint density at radius 1 is 1.00 bits per heavy atom. The fourth-order valence-corrected chi connectivity index (χ4v) is 2.84. The predicted molar refractivity (Wildman–Crippen MR) is 118 cm³/mol. The summed E-state index contributed by atoms with van der Waals surface area (Å²) in [4.78, 5) is 20.3. The Kier molecular flexibility index (Phi) is 7.12. The minimum atomic E-state index is 0.195. The van der Waals surface area contributed by atoms with Gasteiger partial charge in [0.2, 0.25) is 5.91 Å². The molecule has 4 heteroatoms. The van der Waals surface area contributed by atoms with E-state index in [0.717, 1.165) is 34.6 Å². The lowest BCUT2D eigenvalue weighted by Gasteiger charge is -2.09. The molecule has 1 aliphatic rings. The van der Waals surface area contributed by atoms with Crippen LogP contribution in [0.5, 0.6) is 0 Å². The first-order chi connectivity index (χ1) is 14.1. The van der Waals surface area contributed by atoms with Crippen LogP contribution in [0.3, 0.4) is 0 Å². The first kappa shape index (κ1) is 20.7. The molecule has 1 N–H and O–H groups in total. The van der Waals surface area contributed by atoms with E-state index in [-0.39, 0.29) is 11.8 Å². The topological polar surface area (TPSA) is 54.9 Å². The van der Waals surface area contributed by atoms with Crippen LogP contribution in [0.4, 0.5) is 0 Å². The van der Waals surface area contributed by atoms with Crippen LogP contribution in [0.2, 0.25) is 0 Å². The Bertz CT molecular complexity index is 921. The van der Waals surface area contributed by atoms with Crippen molar-refractivity contribution in [2.75, 3.05) is 0 Å². The SMILES string of the molecule is CCC(C)C(=O)NC1CC1.Cc1cnc(-c2ccccc2)c(-c2ccccc2)n1. The average Bonchev–Trinajstić information content (AvgIpc) is 3.59. The van der Waals surface area contributed by atoms with E-state index in [0.29, 0.717) is 6.04 Å². The molecule has 2 aromatic carbocycles. The summed E-state index contributed by atoms with van der Waals surface area (Å²) < 4.78 is 0. The molecule has 1 saturated carbocycles. The molecule has 0 spiro atoms. The van der Waals surface area contributed by atoms with Gasteiger partial charge in [0.25, 0.3) is 0 Å². The van der Waals surface area contributed by atoms with Gasteiger partial charge in [0.05, 0.1) is 17.1 Å². The lowest BCUT2D eigenvalue weighted by Crippen LogP contribution is -2.30. The maximum Gasteiger partial charge on any atom is 0.223 e. The van der Waals surface area contributed by atoms with Gasteiger partial charge in [0.15, 0.2) is 0 Å². The molecule has 1 amide bonds.